The molecule has 5 heteroatoms. The van der Waals surface area contributed by atoms with Crippen LogP contribution >= 0.6 is 0 Å². The van der Waals surface area contributed by atoms with E-state index in [4.69, 9.17) is 4.74 Å². The van der Waals surface area contributed by atoms with Gasteiger partial charge in [0.1, 0.15) is 5.75 Å². The van der Waals surface area contributed by atoms with E-state index < -0.39 is 0 Å². The van der Waals surface area contributed by atoms with Crippen molar-refractivity contribution >= 4 is 17.5 Å². The van der Waals surface area contributed by atoms with Gasteiger partial charge in [-0.1, -0.05) is 18.2 Å². The smallest absolute Gasteiger partial charge is 0.253 e. The summed E-state index contributed by atoms with van der Waals surface area (Å²) in [5.41, 5.74) is 1.46. The zero-order chi connectivity index (χ0) is 17.6. The average Bonchev–Trinajstić information content (AvgIpc) is 2.68. The lowest BCUT2D eigenvalue weighted by molar-refractivity contribution is -0.121. The van der Waals surface area contributed by atoms with Crippen LogP contribution in [-0.2, 0) is 4.79 Å². The summed E-state index contributed by atoms with van der Waals surface area (Å²) in [5, 5.41) is 2.94. The highest BCUT2D eigenvalue weighted by Crippen LogP contribution is 2.21. The number of benzene rings is 2. The predicted molar refractivity (Wildman–Crippen MR) is 96.7 cm³/mol. The lowest BCUT2D eigenvalue weighted by Crippen LogP contribution is -2.41. The number of rotatable bonds is 4. The van der Waals surface area contributed by atoms with Crippen LogP contribution in [0.3, 0.4) is 0 Å². The Morgan fingerprint density at radius 1 is 1.00 bits per heavy atom. The van der Waals surface area contributed by atoms with Gasteiger partial charge >= 0.3 is 0 Å². The Morgan fingerprint density at radius 2 is 1.64 bits per heavy atom. The molecular formula is C20H22N2O3. The van der Waals surface area contributed by atoms with Crippen LogP contribution in [0, 0.1) is 5.92 Å². The summed E-state index contributed by atoms with van der Waals surface area (Å²) in [6, 6.07) is 16.6. The number of piperidine rings is 1. The lowest BCUT2D eigenvalue weighted by Gasteiger charge is -2.31. The van der Waals surface area contributed by atoms with Crippen molar-refractivity contribution in [2.75, 3.05) is 25.5 Å². The van der Waals surface area contributed by atoms with Crippen molar-refractivity contribution in [2.45, 2.75) is 12.8 Å². The molecule has 1 aliphatic heterocycles. The summed E-state index contributed by atoms with van der Waals surface area (Å²) in [6.45, 7) is 1.19. The highest BCUT2D eigenvalue weighted by atomic mass is 16.5. The number of hydrogen-bond acceptors (Lipinski definition) is 3. The van der Waals surface area contributed by atoms with E-state index in [1.54, 1.807) is 31.4 Å². The fourth-order valence-electron chi connectivity index (χ4n) is 3.03. The number of ether oxygens (including phenoxy) is 1. The molecule has 25 heavy (non-hydrogen) atoms. The van der Waals surface area contributed by atoms with Crippen molar-refractivity contribution in [3.63, 3.8) is 0 Å². The van der Waals surface area contributed by atoms with E-state index in [0.29, 0.717) is 31.5 Å². The van der Waals surface area contributed by atoms with Crippen molar-refractivity contribution in [3.05, 3.63) is 60.2 Å². The van der Waals surface area contributed by atoms with E-state index in [9.17, 15) is 9.59 Å². The van der Waals surface area contributed by atoms with E-state index >= 15 is 0 Å². The van der Waals surface area contributed by atoms with Crippen LogP contribution in [-0.4, -0.2) is 36.9 Å². The third kappa shape index (κ3) is 4.18. The van der Waals surface area contributed by atoms with Gasteiger partial charge in [0.25, 0.3) is 5.91 Å². The quantitative estimate of drug-likeness (QED) is 0.931. The molecule has 1 heterocycles. The van der Waals surface area contributed by atoms with E-state index in [1.807, 2.05) is 35.2 Å². The molecule has 1 saturated heterocycles. The monoisotopic (exact) mass is 338 g/mol. The van der Waals surface area contributed by atoms with Crippen LogP contribution in [0.4, 0.5) is 5.69 Å². The highest BCUT2D eigenvalue weighted by Gasteiger charge is 2.27. The number of carbonyl (C=O) groups excluding carboxylic acids is 2. The summed E-state index contributed by atoms with van der Waals surface area (Å²) in [6.07, 6.45) is 1.36. The Labute approximate surface area is 147 Å². The lowest BCUT2D eigenvalue weighted by atomic mass is 9.95. The summed E-state index contributed by atoms with van der Waals surface area (Å²) in [5.74, 6) is 0.709. The molecule has 0 spiro atoms. The second kappa shape index (κ2) is 7.83. The maximum atomic E-state index is 12.6. The maximum Gasteiger partial charge on any atom is 0.253 e. The number of anilines is 1. The summed E-state index contributed by atoms with van der Waals surface area (Å²) in [7, 11) is 1.60. The number of amides is 2. The van der Waals surface area contributed by atoms with E-state index in [0.717, 1.165) is 11.4 Å². The molecule has 130 valence electrons. The molecule has 0 aromatic heterocycles. The summed E-state index contributed by atoms with van der Waals surface area (Å²) in [4.78, 5) is 26.7. The molecule has 0 saturated carbocycles. The largest absolute Gasteiger partial charge is 0.497 e. The van der Waals surface area contributed by atoms with E-state index in [2.05, 4.69) is 5.32 Å². The van der Waals surface area contributed by atoms with Gasteiger partial charge in [0.05, 0.1) is 7.11 Å². The molecule has 1 aliphatic rings. The van der Waals surface area contributed by atoms with Crippen LogP contribution in [0.25, 0.3) is 0 Å². The van der Waals surface area contributed by atoms with Crippen molar-refractivity contribution in [1.29, 1.82) is 0 Å². The van der Waals surface area contributed by atoms with Crippen LogP contribution in [0.2, 0.25) is 0 Å². The van der Waals surface area contributed by atoms with Crippen molar-refractivity contribution in [1.82, 2.24) is 4.90 Å². The van der Waals surface area contributed by atoms with Crippen molar-refractivity contribution in [3.8, 4) is 5.75 Å². The molecule has 0 aliphatic carbocycles. The van der Waals surface area contributed by atoms with Gasteiger partial charge in [-0.25, -0.2) is 0 Å². The Hall–Kier alpha value is -2.82. The van der Waals surface area contributed by atoms with Gasteiger partial charge in [0.15, 0.2) is 0 Å². The number of carbonyl (C=O) groups is 2. The molecule has 2 aromatic carbocycles. The number of likely N-dealkylation sites (tertiary alicyclic amines) is 1. The summed E-state index contributed by atoms with van der Waals surface area (Å²) < 4.78 is 5.11. The molecular weight excluding hydrogens is 316 g/mol. The first-order chi connectivity index (χ1) is 12.2. The van der Waals surface area contributed by atoms with Gasteiger partial charge < -0.3 is 15.0 Å². The first-order valence-electron chi connectivity index (χ1n) is 8.46. The number of hydrogen-bond donors (Lipinski definition) is 1. The average molecular weight is 338 g/mol. The Kier molecular flexibility index (Phi) is 5.33. The van der Waals surface area contributed by atoms with E-state index in [1.165, 1.54) is 0 Å². The Balaban J connectivity index is 1.54. The molecule has 1 N–H and O–H groups in total. The normalized spacial score (nSPS) is 14.8. The number of para-hydroxylation sites is 1. The van der Waals surface area contributed by atoms with Crippen molar-refractivity contribution in [2.24, 2.45) is 5.92 Å². The Bertz CT molecular complexity index is 720. The first-order valence-corrected chi connectivity index (χ1v) is 8.46. The topological polar surface area (TPSA) is 58.6 Å². The van der Waals surface area contributed by atoms with E-state index in [-0.39, 0.29) is 17.7 Å². The van der Waals surface area contributed by atoms with Crippen molar-refractivity contribution < 1.29 is 14.3 Å². The number of nitrogens with zero attached hydrogens (tertiary/aromatic N) is 1. The standard InChI is InChI=1S/C20H22N2O3/c1-25-18-9-7-16(8-10-18)20(24)22-13-11-15(12-14-22)19(23)21-17-5-3-2-4-6-17/h2-10,15H,11-14H2,1H3,(H,21,23). The molecule has 3 rings (SSSR count). The van der Waals surface area contributed by atoms with Crippen LogP contribution in [0.1, 0.15) is 23.2 Å². The predicted octanol–water partition coefficient (Wildman–Crippen LogP) is 3.19. The summed E-state index contributed by atoms with van der Waals surface area (Å²) >= 11 is 0. The maximum absolute atomic E-state index is 12.6. The number of methoxy groups -OCH3 is 1. The second-order valence-corrected chi connectivity index (χ2v) is 6.15. The van der Waals surface area contributed by atoms with Gasteiger partial charge in [0.2, 0.25) is 5.91 Å². The third-order valence-electron chi connectivity index (χ3n) is 4.53. The fourth-order valence-corrected chi connectivity index (χ4v) is 3.03. The van der Waals surface area contributed by atoms with Crippen LogP contribution in [0.15, 0.2) is 54.6 Å². The van der Waals surface area contributed by atoms with Gasteiger partial charge in [-0.05, 0) is 49.2 Å². The highest BCUT2D eigenvalue weighted by molar-refractivity contribution is 5.95. The molecule has 2 aromatic rings. The molecule has 0 atom stereocenters. The minimum Gasteiger partial charge on any atom is -0.497 e. The molecule has 5 nitrogen and oxygen atoms in total. The minimum atomic E-state index is -0.0554. The zero-order valence-electron chi connectivity index (χ0n) is 14.3. The molecule has 2 amide bonds. The van der Waals surface area contributed by atoms with Gasteiger partial charge in [-0.2, -0.15) is 0 Å². The first kappa shape index (κ1) is 17.0. The molecule has 1 fully saturated rings. The zero-order valence-corrected chi connectivity index (χ0v) is 14.3. The SMILES string of the molecule is COc1ccc(C(=O)N2CCC(C(=O)Nc3ccccc3)CC2)cc1. The minimum absolute atomic E-state index is 0.00423. The Morgan fingerprint density at radius 3 is 2.24 bits per heavy atom. The van der Waals surface area contributed by atoms with Gasteiger partial charge in [0, 0.05) is 30.3 Å². The third-order valence-corrected chi connectivity index (χ3v) is 4.53. The fraction of sp³-hybridized carbons (Fsp3) is 0.300. The van der Waals surface area contributed by atoms with Gasteiger partial charge in [-0.3, -0.25) is 9.59 Å². The number of nitrogens with one attached hydrogen (secondary N) is 1. The van der Waals surface area contributed by atoms with Crippen LogP contribution in [0.5, 0.6) is 5.75 Å². The van der Waals surface area contributed by atoms with Crippen LogP contribution < -0.4 is 10.1 Å². The molecule has 0 bridgehead atoms. The molecule has 0 unspecified atom stereocenters. The molecule has 0 radical (unpaired) electrons. The van der Waals surface area contributed by atoms with Gasteiger partial charge in [-0.15, -0.1) is 0 Å². The second-order valence-electron chi connectivity index (χ2n) is 6.15.